The van der Waals surface area contributed by atoms with Gasteiger partial charge in [-0.25, -0.2) is 4.98 Å². The highest BCUT2D eigenvalue weighted by Crippen LogP contribution is 2.22. The van der Waals surface area contributed by atoms with Crippen LogP contribution in [0.2, 0.25) is 0 Å². The number of benzene rings is 1. The number of fused-ring (bicyclic) bond motifs is 1. The zero-order valence-corrected chi connectivity index (χ0v) is 18.1. The SMILES string of the molecule is C[C@@H](C(=O)N(C)C1CCCCC1)[NH+]1CC[NH+](Cc2nc3ccccc3s2)CC1. The second kappa shape index (κ2) is 8.89. The number of nitrogens with zero attached hydrogens (tertiary/aromatic N) is 2. The minimum absolute atomic E-state index is 0.0796. The molecule has 2 heterocycles. The number of piperazine rings is 1. The van der Waals surface area contributed by atoms with Crippen molar-refractivity contribution in [2.45, 2.75) is 57.7 Å². The molecule has 1 aliphatic carbocycles. The van der Waals surface area contributed by atoms with Crippen molar-refractivity contribution in [3.63, 3.8) is 0 Å². The Balaban J connectivity index is 1.28. The number of carbonyl (C=O) groups is 1. The van der Waals surface area contributed by atoms with E-state index in [9.17, 15) is 4.79 Å². The minimum atomic E-state index is 0.0796. The number of carbonyl (C=O) groups excluding carboxylic acids is 1. The molecule has 1 saturated heterocycles. The lowest BCUT2D eigenvalue weighted by atomic mass is 9.94. The van der Waals surface area contributed by atoms with E-state index in [1.807, 2.05) is 18.4 Å². The predicted octanol–water partition coefficient (Wildman–Crippen LogP) is 0.759. The van der Waals surface area contributed by atoms with Crippen molar-refractivity contribution in [2.75, 3.05) is 33.2 Å². The van der Waals surface area contributed by atoms with E-state index in [0.29, 0.717) is 11.9 Å². The Labute approximate surface area is 172 Å². The number of hydrogen-bond acceptors (Lipinski definition) is 3. The first-order valence-electron chi connectivity index (χ1n) is 10.9. The van der Waals surface area contributed by atoms with Gasteiger partial charge in [-0.05, 0) is 31.9 Å². The zero-order chi connectivity index (χ0) is 19.5. The highest BCUT2D eigenvalue weighted by Gasteiger charge is 2.34. The Morgan fingerprint density at radius 2 is 1.89 bits per heavy atom. The van der Waals surface area contributed by atoms with Crippen LogP contribution in [0.15, 0.2) is 24.3 Å². The fraction of sp³-hybridized carbons (Fsp3) is 0.636. The van der Waals surface area contributed by atoms with E-state index in [-0.39, 0.29) is 6.04 Å². The van der Waals surface area contributed by atoms with E-state index < -0.39 is 0 Å². The summed E-state index contributed by atoms with van der Waals surface area (Å²) >= 11 is 1.82. The predicted molar refractivity (Wildman–Crippen MR) is 114 cm³/mol. The number of quaternary nitrogens is 2. The normalized spacial score (nSPS) is 24.9. The number of para-hydroxylation sites is 1. The van der Waals surface area contributed by atoms with Gasteiger partial charge in [0.2, 0.25) is 0 Å². The lowest BCUT2D eigenvalue weighted by Crippen LogP contribution is -3.29. The summed E-state index contributed by atoms with van der Waals surface area (Å²) in [7, 11) is 2.03. The quantitative estimate of drug-likeness (QED) is 0.775. The van der Waals surface area contributed by atoms with Crippen LogP contribution in [-0.2, 0) is 11.3 Å². The average Bonchev–Trinajstić information content (AvgIpc) is 3.15. The second-order valence-corrected chi connectivity index (χ2v) is 9.74. The molecular formula is C22H34N4OS+2. The smallest absolute Gasteiger partial charge is 0.280 e. The standard InChI is InChI=1S/C22H32N4OS/c1-17(22(27)24(2)18-8-4-3-5-9-18)26-14-12-25(13-15-26)16-21-23-19-10-6-7-11-20(19)28-21/h6-7,10-11,17-18H,3-5,8-9,12-16H2,1-2H3/p+2/t17-/m0/s1. The van der Waals surface area contributed by atoms with Gasteiger partial charge in [-0.2, -0.15) is 0 Å². The Bertz CT molecular complexity index is 760. The third-order valence-corrected chi connectivity index (χ3v) is 7.83. The molecule has 0 spiro atoms. The van der Waals surface area contributed by atoms with Gasteiger partial charge in [-0.15, -0.1) is 11.3 Å². The fourth-order valence-corrected chi connectivity index (χ4v) is 5.91. The molecule has 1 aromatic heterocycles. The van der Waals surface area contributed by atoms with Gasteiger partial charge in [0.15, 0.2) is 6.04 Å². The second-order valence-electron chi connectivity index (χ2n) is 8.62. The summed E-state index contributed by atoms with van der Waals surface area (Å²) < 4.78 is 1.28. The van der Waals surface area contributed by atoms with Crippen LogP contribution in [0.3, 0.4) is 0 Å². The van der Waals surface area contributed by atoms with Crippen molar-refractivity contribution in [1.29, 1.82) is 0 Å². The van der Waals surface area contributed by atoms with Crippen LogP contribution in [0, 0.1) is 0 Å². The lowest BCUT2D eigenvalue weighted by molar-refractivity contribution is -1.02. The molecule has 1 atom stereocenters. The summed E-state index contributed by atoms with van der Waals surface area (Å²) in [4.78, 5) is 22.9. The third-order valence-electron chi connectivity index (χ3n) is 6.79. The van der Waals surface area contributed by atoms with Gasteiger partial charge in [0, 0.05) is 13.1 Å². The Hall–Kier alpha value is -1.50. The highest BCUT2D eigenvalue weighted by atomic mass is 32.1. The Morgan fingerprint density at radius 1 is 1.18 bits per heavy atom. The number of rotatable bonds is 5. The van der Waals surface area contributed by atoms with Crippen LogP contribution in [-0.4, -0.2) is 61.1 Å². The zero-order valence-electron chi connectivity index (χ0n) is 17.2. The topological polar surface area (TPSA) is 42.1 Å². The number of amides is 1. The van der Waals surface area contributed by atoms with Crippen LogP contribution in [0.5, 0.6) is 0 Å². The molecule has 1 saturated carbocycles. The highest BCUT2D eigenvalue weighted by molar-refractivity contribution is 7.18. The summed E-state index contributed by atoms with van der Waals surface area (Å²) in [5.41, 5.74) is 1.12. The molecule has 152 valence electrons. The van der Waals surface area contributed by atoms with Crippen LogP contribution >= 0.6 is 11.3 Å². The lowest BCUT2D eigenvalue weighted by Gasteiger charge is -2.36. The van der Waals surface area contributed by atoms with E-state index >= 15 is 0 Å². The first kappa shape index (κ1) is 19.8. The molecule has 1 amide bonds. The number of aromatic nitrogens is 1. The van der Waals surface area contributed by atoms with Crippen molar-refractivity contribution in [3.8, 4) is 0 Å². The largest absolute Gasteiger partial charge is 0.338 e. The molecule has 28 heavy (non-hydrogen) atoms. The van der Waals surface area contributed by atoms with E-state index in [2.05, 4.69) is 36.1 Å². The van der Waals surface area contributed by atoms with Crippen molar-refractivity contribution in [3.05, 3.63) is 29.3 Å². The van der Waals surface area contributed by atoms with Gasteiger partial charge in [-0.1, -0.05) is 31.4 Å². The van der Waals surface area contributed by atoms with Gasteiger partial charge in [0.25, 0.3) is 5.91 Å². The molecule has 0 unspecified atom stereocenters. The summed E-state index contributed by atoms with van der Waals surface area (Å²) in [6.07, 6.45) is 6.25. The van der Waals surface area contributed by atoms with E-state index in [1.54, 1.807) is 4.90 Å². The van der Waals surface area contributed by atoms with Crippen molar-refractivity contribution >= 4 is 27.5 Å². The molecule has 5 nitrogen and oxygen atoms in total. The van der Waals surface area contributed by atoms with E-state index in [4.69, 9.17) is 4.98 Å². The molecule has 1 aromatic carbocycles. The maximum absolute atomic E-state index is 13.0. The van der Waals surface area contributed by atoms with Gasteiger partial charge < -0.3 is 14.7 Å². The molecule has 2 N–H and O–H groups in total. The summed E-state index contributed by atoms with van der Waals surface area (Å²) in [6, 6.07) is 8.95. The van der Waals surface area contributed by atoms with E-state index in [0.717, 1.165) is 38.2 Å². The van der Waals surface area contributed by atoms with Crippen LogP contribution < -0.4 is 9.80 Å². The van der Waals surface area contributed by atoms with Gasteiger partial charge in [0.05, 0.1) is 10.2 Å². The molecule has 2 fully saturated rings. The maximum Gasteiger partial charge on any atom is 0.280 e. The Kier molecular flexibility index (Phi) is 6.28. The number of hydrogen-bond donors (Lipinski definition) is 2. The molecule has 2 aliphatic rings. The summed E-state index contributed by atoms with van der Waals surface area (Å²) in [5.74, 6) is 0.344. The molecular weight excluding hydrogens is 368 g/mol. The molecule has 0 bridgehead atoms. The third kappa shape index (κ3) is 4.39. The van der Waals surface area contributed by atoms with Crippen LogP contribution in [0.25, 0.3) is 10.2 Å². The van der Waals surface area contributed by atoms with Crippen molar-refractivity contribution < 1.29 is 14.6 Å². The average molecular weight is 403 g/mol. The first-order valence-corrected chi connectivity index (χ1v) is 11.7. The first-order chi connectivity index (χ1) is 13.6. The number of thiazole rings is 1. The van der Waals surface area contributed by atoms with Gasteiger partial charge in [-0.3, -0.25) is 4.79 Å². The van der Waals surface area contributed by atoms with Crippen LogP contribution in [0.1, 0.15) is 44.0 Å². The van der Waals surface area contributed by atoms with Crippen LogP contribution in [0.4, 0.5) is 0 Å². The number of nitrogens with one attached hydrogen (secondary N) is 2. The van der Waals surface area contributed by atoms with E-state index in [1.165, 1.54) is 46.7 Å². The monoisotopic (exact) mass is 402 g/mol. The van der Waals surface area contributed by atoms with Crippen molar-refractivity contribution in [2.24, 2.45) is 0 Å². The molecule has 6 heteroatoms. The summed E-state index contributed by atoms with van der Waals surface area (Å²) in [6.45, 7) is 7.54. The fourth-order valence-electron chi connectivity index (χ4n) is 4.87. The minimum Gasteiger partial charge on any atom is -0.338 e. The molecule has 0 radical (unpaired) electrons. The molecule has 2 aromatic rings. The van der Waals surface area contributed by atoms with Gasteiger partial charge >= 0.3 is 0 Å². The van der Waals surface area contributed by atoms with Gasteiger partial charge in [0.1, 0.15) is 37.7 Å². The molecule has 4 rings (SSSR count). The maximum atomic E-state index is 13.0. The summed E-state index contributed by atoms with van der Waals surface area (Å²) in [5, 5.41) is 1.24. The number of likely N-dealkylation sites (N-methyl/N-ethyl adjacent to an activating group) is 1. The Morgan fingerprint density at radius 3 is 2.61 bits per heavy atom. The molecule has 1 aliphatic heterocycles. The van der Waals surface area contributed by atoms with Crippen molar-refractivity contribution in [1.82, 2.24) is 9.88 Å².